The second-order valence-electron chi connectivity index (χ2n) is 5.58. The van der Waals surface area contributed by atoms with E-state index in [2.05, 4.69) is 20.4 Å². The Balaban J connectivity index is 1.86. The van der Waals surface area contributed by atoms with Crippen LogP contribution in [-0.2, 0) is 17.8 Å². The van der Waals surface area contributed by atoms with E-state index in [9.17, 15) is 4.39 Å². The molecule has 2 heterocycles. The van der Waals surface area contributed by atoms with E-state index in [0.29, 0.717) is 36.4 Å². The molecule has 0 saturated heterocycles. The number of nitrogens with zero attached hydrogens (tertiary/aromatic N) is 4. The minimum absolute atomic E-state index is 0.333. The first-order valence-electron chi connectivity index (χ1n) is 7.76. The Bertz CT molecular complexity index is 856. The van der Waals surface area contributed by atoms with Crippen LogP contribution in [0.3, 0.4) is 0 Å². The molecule has 24 heavy (non-hydrogen) atoms. The van der Waals surface area contributed by atoms with Gasteiger partial charge in [0.1, 0.15) is 18.0 Å². The average Bonchev–Trinajstić information content (AvgIpc) is 2.85. The molecule has 0 amide bonds. The highest BCUT2D eigenvalue weighted by molar-refractivity contribution is 5.89. The lowest BCUT2D eigenvalue weighted by molar-refractivity contribution is 0.182. The monoisotopic (exact) mass is 329 g/mol. The maximum Gasteiger partial charge on any atom is 0.140 e. The minimum Gasteiger partial charge on any atom is -0.383 e. The highest BCUT2D eigenvalue weighted by Gasteiger charge is 2.13. The molecule has 126 valence electrons. The molecule has 0 atom stereocenters. The zero-order valence-electron chi connectivity index (χ0n) is 14.0. The second kappa shape index (κ2) is 6.92. The molecule has 3 rings (SSSR count). The molecule has 3 aromatic rings. The summed E-state index contributed by atoms with van der Waals surface area (Å²) in [6, 6.07) is 4.82. The number of rotatable bonds is 6. The molecule has 0 radical (unpaired) electrons. The molecule has 6 nitrogen and oxygen atoms in total. The number of ether oxygens (including phenoxy) is 1. The quantitative estimate of drug-likeness (QED) is 0.753. The van der Waals surface area contributed by atoms with E-state index in [1.54, 1.807) is 19.2 Å². The fourth-order valence-corrected chi connectivity index (χ4v) is 2.76. The number of benzene rings is 1. The number of hydrogen-bond acceptors (Lipinski definition) is 5. The van der Waals surface area contributed by atoms with E-state index in [1.807, 2.05) is 18.5 Å². The summed E-state index contributed by atoms with van der Waals surface area (Å²) in [6.07, 6.45) is 1.44. The molecule has 0 aliphatic rings. The summed E-state index contributed by atoms with van der Waals surface area (Å²) < 4.78 is 21.2. The predicted molar refractivity (Wildman–Crippen MR) is 90.4 cm³/mol. The van der Waals surface area contributed by atoms with Crippen LogP contribution in [0, 0.1) is 19.7 Å². The van der Waals surface area contributed by atoms with Gasteiger partial charge in [0.25, 0.3) is 0 Å². The van der Waals surface area contributed by atoms with Crippen LogP contribution in [0.4, 0.5) is 10.2 Å². The van der Waals surface area contributed by atoms with Crippen LogP contribution in [0.15, 0.2) is 24.5 Å². The molecule has 0 aliphatic heterocycles. The van der Waals surface area contributed by atoms with E-state index in [1.165, 1.54) is 12.4 Å². The van der Waals surface area contributed by atoms with Gasteiger partial charge in [-0.05, 0) is 26.0 Å². The highest BCUT2D eigenvalue weighted by atomic mass is 19.1. The molecule has 2 aromatic heterocycles. The molecule has 1 N–H and O–H groups in total. The van der Waals surface area contributed by atoms with Crippen LogP contribution < -0.4 is 5.32 Å². The number of aryl methyl sites for hydroxylation is 1. The van der Waals surface area contributed by atoms with Crippen molar-refractivity contribution in [3.8, 4) is 0 Å². The first kappa shape index (κ1) is 16.3. The molecular formula is C17H20FN5O. The van der Waals surface area contributed by atoms with Crippen molar-refractivity contribution in [3.63, 3.8) is 0 Å². The Hall–Kier alpha value is -2.54. The van der Waals surface area contributed by atoms with Gasteiger partial charge in [0.05, 0.1) is 29.7 Å². The summed E-state index contributed by atoms with van der Waals surface area (Å²) >= 11 is 0. The van der Waals surface area contributed by atoms with Crippen molar-refractivity contribution < 1.29 is 9.13 Å². The smallest absolute Gasteiger partial charge is 0.140 e. The first-order chi connectivity index (χ1) is 11.6. The summed E-state index contributed by atoms with van der Waals surface area (Å²) in [4.78, 5) is 8.30. The van der Waals surface area contributed by atoms with Crippen molar-refractivity contribution in [2.45, 2.75) is 26.9 Å². The highest BCUT2D eigenvalue weighted by Crippen LogP contribution is 2.23. The van der Waals surface area contributed by atoms with Crippen LogP contribution in [0.2, 0.25) is 0 Å². The number of anilines is 1. The number of methoxy groups -OCH3 is 1. The van der Waals surface area contributed by atoms with Crippen LogP contribution in [0.25, 0.3) is 10.9 Å². The average molecular weight is 329 g/mol. The third-order valence-electron chi connectivity index (χ3n) is 4.08. The molecule has 0 spiro atoms. The van der Waals surface area contributed by atoms with Gasteiger partial charge < -0.3 is 10.1 Å². The fourth-order valence-electron chi connectivity index (χ4n) is 2.76. The Morgan fingerprint density at radius 3 is 2.88 bits per heavy atom. The lowest BCUT2D eigenvalue weighted by Crippen LogP contribution is -2.09. The zero-order valence-corrected chi connectivity index (χ0v) is 14.0. The molecule has 0 aliphatic carbocycles. The summed E-state index contributed by atoms with van der Waals surface area (Å²) in [5.74, 6) is 0.154. The summed E-state index contributed by atoms with van der Waals surface area (Å²) in [5, 5.41) is 8.15. The summed E-state index contributed by atoms with van der Waals surface area (Å²) in [7, 11) is 1.67. The molecule has 0 saturated carbocycles. The van der Waals surface area contributed by atoms with E-state index in [4.69, 9.17) is 4.74 Å². The van der Waals surface area contributed by atoms with Gasteiger partial charge in [0, 0.05) is 24.9 Å². The maximum atomic E-state index is 14.1. The molecule has 1 aromatic carbocycles. The van der Waals surface area contributed by atoms with Crippen LogP contribution >= 0.6 is 0 Å². The molecule has 0 fully saturated rings. The normalized spacial score (nSPS) is 11.2. The van der Waals surface area contributed by atoms with Gasteiger partial charge in [-0.25, -0.2) is 14.4 Å². The van der Waals surface area contributed by atoms with Crippen molar-refractivity contribution in [2.75, 3.05) is 19.0 Å². The molecule has 7 heteroatoms. The van der Waals surface area contributed by atoms with E-state index in [-0.39, 0.29) is 5.82 Å². The number of hydrogen-bond donors (Lipinski definition) is 1. The van der Waals surface area contributed by atoms with Crippen molar-refractivity contribution in [3.05, 3.63) is 47.3 Å². The summed E-state index contributed by atoms with van der Waals surface area (Å²) in [6.45, 7) is 5.81. The van der Waals surface area contributed by atoms with E-state index < -0.39 is 0 Å². The lowest BCUT2D eigenvalue weighted by Gasteiger charge is -2.09. The van der Waals surface area contributed by atoms with Gasteiger partial charge in [0.15, 0.2) is 0 Å². The van der Waals surface area contributed by atoms with Gasteiger partial charge in [-0.3, -0.25) is 4.68 Å². The zero-order chi connectivity index (χ0) is 17.1. The number of aromatic nitrogens is 4. The molecule has 0 unspecified atom stereocenters. The third kappa shape index (κ3) is 3.07. The number of halogens is 1. The first-order valence-corrected chi connectivity index (χ1v) is 7.76. The van der Waals surface area contributed by atoms with Gasteiger partial charge in [0.2, 0.25) is 0 Å². The van der Waals surface area contributed by atoms with Crippen LogP contribution in [0.5, 0.6) is 0 Å². The molecule has 0 bridgehead atoms. The fraction of sp³-hybridized carbons (Fsp3) is 0.353. The van der Waals surface area contributed by atoms with Crippen molar-refractivity contribution in [1.82, 2.24) is 19.7 Å². The van der Waals surface area contributed by atoms with Crippen molar-refractivity contribution >= 4 is 16.7 Å². The number of fused-ring (bicyclic) bond motifs is 1. The van der Waals surface area contributed by atoms with E-state index in [0.717, 1.165) is 17.0 Å². The second-order valence-corrected chi connectivity index (χ2v) is 5.58. The topological polar surface area (TPSA) is 64.9 Å². The van der Waals surface area contributed by atoms with Gasteiger partial charge in [-0.1, -0.05) is 6.07 Å². The van der Waals surface area contributed by atoms with E-state index >= 15 is 0 Å². The molecular weight excluding hydrogens is 309 g/mol. The van der Waals surface area contributed by atoms with Crippen LogP contribution in [-0.4, -0.2) is 33.5 Å². The summed E-state index contributed by atoms with van der Waals surface area (Å²) in [5.41, 5.74) is 3.66. The standard InChI is InChI=1S/C17H20FN5O/c1-11-13(12(2)23(22-11)7-8-24-3)9-19-17-16-14(18)5-4-6-15(16)20-10-21-17/h4-6,10H,7-9H2,1-3H3,(H,19,20,21). The van der Waals surface area contributed by atoms with Gasteiger partial charge >= 0.3 is 0 Å². The Kier molecular flexibility index (Phi) is 4.71. The minimum atomic E-state index is -0.333. The Labute approximate surface area is 139 Å². The van der Waals surface area contributed by atoms with Gasteiger partial charge in [-0.2, -0.15) is 5.10 Å². The number of nitrogens with one attached hydrogen (secondary N) is 1. The van der Waals surface area contributed by atoms with Crippen molar-refractivity contribution in [1.29, 1.82) is 0 Å². The Morgan fingerprint density at radius 2 is 2.08 bits per heavy atom. The van der Waals surface area contributed by atoms with Crippen LogP contribution in [0.1, 0.15) is 17.0 Å². The SMILES string of the molecule is COCCn1nc(C)c(CNc2ncnc3cccc(F)c23)c1C. The predicted octanol–water partition coefficient (Wildman–Crippen LogP) is 2.84. The van der Waals surface area contributed by atoms with Gasteiger partial charge in [-0.15, -0.1) is 0 Å². The van der Waals surface area contributed by atoms with Crippen molar-refractivity contribution in [2.24, 2.45) is 0 Å². The largest absolute Gasteiger partial charge is 0.383 e. The third-order valence-corrected chi connectivity index (χ3v) is 4.08. The Morgan fingerprint density at radius 1 is 1.25 bits per heavy atom. The maximum absolute atomic E-state index is 14.1. The lowest BCUT2D eigenvalue weighted by atomic mass is 10.2.